The lowest BCUT2D eigenvalue weighted by atomic mass is 10.1. The summed E-state index contributed by atoms with van der Waals surface area (Å²) in [6.07, 6.45) is 13.6. The van der Waals surface area contributed by atoms with Crippen LogP contribution in [0.3, 0.4) is 0 Å². The highest BCUT2D eigenvalue weighted by Gasteiger charge is 1.95. The van der Waals surface area contributed by atoms with Crippen molar-refractivity contribution in [3.8, 4) is 5.75 Å². The first-order valence-electron chi connectivity index (χ1n) is 10.0. The van der Waals surface area contributed by atoms with Gasteiger partial charge in [0.2, 0.25) is 0 Å². The summed E-state index contributed by atoms with van der Waals surface area (Å²) in [4.78, 5) is 0. The van der Waals surface area contributed by atoms with E-state index in [9.17, 15) is 5.11 Å². The van der Waals surface area contributed by atoms with Gasteiger partial charge in [0.1, 0.15) is 5.75 Å². The smallest absolute Gasteiger partial charge is 0.115 e. The van der Waals surface area contributed by atoms with Crippen molar-refractivity contribution in [2.24, 2.45) is 0 Å². The van der Waals surface area contributed by atoms with E-state index in [0.717, 1.165) is 32.6 Å². The Labute approximate surface area is 149 Å². The van der Waals surface area contributed by atoms with E-state index in [1.807, 2.05) is 12.1 Å². The molecule has 0 amide bonds. The summed E-state index contributed by atoms with van der Waals surface area (Å²) in [6, 6.07) is 7.47. The van der Waals surface area contributed by atoms with E-state index < -0.39 is 0 Å². The molecule has 0 aliphatic rings. The van der Waals surface area contributed by atoms with Crippen LogP contribution < -0.4 is 10.6 Å². The van der Waals surface area contributed by atoms with Crippen molar-refractivity contribution in [2.75, 3.05) is 26.2 Å². The highest BCUT2D eigenvalue weighted by atomic mass is 16.3. The van der Waals surface area contributed by atoms with Crippen molar-refractivity contribution >= 4 is 0 Å². The minimum absolute atomic E-state index is 0.340. The lowest BCUT2D eigenvalue weighted by Gasteiger charge is -2.07. The first-order valence-corrected chi connectivity index (χ1v) is 10.0. The minimum Gasteiger partial charge on any atom is -0.508 e. The lowest BCUT2D eigenvalue weighted by Crippen LogP contribution is -2.29. The second-order valence-corrected chi connectivity index (χ2v) is 6.74. The third-order valence-electron chi connectivity index (χ3n) is 4.46. The van der Waals surface area contributed by atoms with Crippen LogP contribution in [0.5, 0.6) is 5.75 Å². The molecule has 0 atom stereocenters. The zero-order valence-electron chi connectivity index (χ0n) is 15.7. The van der Waals surface area contributed by atoms with E-state index in [1.54, 1.807) is 12.1 Å². The van der Waals surface area contributed by atoms with Crippen LogP contribution in [-0.2, 0) is 6.42 Å². The van der Waals surface area contributed by atoms with Crippen molar-refractivity contribution in [3.63, 3.8) is 0 Å². The molecular formula is C21H38N2O. The predicted molar refractivity (Wildman–Crippen MR) is 105 cm³/mol. The predicted octanol–water partition coefficient (Wildman–Crippen LogP) is 4.64. The molecule has 0 bridgehead atoms. The molecule has 24 heavy (non-hydrogen) atoms. The van der Waals surface area contributed by atoms with Gasteiger partial charge in [0, 0.05) is 13.1 Å². The van der Waals surface area contributed by atoms with Gasteiger partial charge in [-0.2, -0.15) is 0 Å². The van der Waals surface area contributed by atoms with Gasteiger partial charge in [0.15, 0.2) is 0 Å². The maximum atomic E-state index is 9.24. The van der Waals surface area contributed by atoms with Crippen LogP contribution >= 0.6 is 0 Å². The van der Waals surface area contributed by atoms with Gasteiger partial charge >= 0.3 is 0 Å². The number of rotatable bonds is 16. The largest absolute Gasteiger partial charge is 0.508 e. The molecule has 0 aliphatic heterocycles. The van der Waals surface area contributed by atoms with Crippen LogP contribution in [0.4, 0.5) is 0 Å². The molecule has 0 saturated carbocycles. The van der Waals surface area contributed by atoms with Crippen molar-refractivity contribution in [2.45, 2.75) is 71.1 Å². The summed E-state index contributed by atoms with van der Waals surface area (Å²) in [7, 11) is 0. The molecule has 0 spiro atoms. The standard InChI is InChI=1S/C21H38N2O/c1-2-3-4-5-6-7-8-9-10-16-22-18-19-23-17-15-20-11-13-21(24)14-12-20/h11-14,22-24H,2-10,15-19H2,1H3. The third-order valence-corrected chi connectivity index (χ3v) is 4.46. The number of phenolic OH excluding ortho intramolecular Hbond substituents is 1. The Morgan fingerprint density at radius 3 is 1.83 bits per heavy atom. The minimum atomic E-state index is 0.340. The second-order valence-electron chi connectivity index (χ2n) is 6.74. The fourth-order valence-corrected chi connectivity index (χ4v) is 2.88. The fourth-order valence-electron chi connectivity index (χ4n) is 2.88. The lowest BCUT2D eigenvalue weighted by molar-refractivity contribution is 0.475. The van der Waals surface area contributed by atoms with Crippen molar-refractivity contribution in [1.82, 2.24) is 10.6 Å². The van der Waals surface area contributed by atoms with E-state index in [1.165, 1.54) is 63.4 Å². The number of hydrogen-bond acceptors (Lipinski definition) is 3. The summed E-state index contributed by atoms with van der Waals surface area (Å²) >= 11 is 0. The summed E-state index contributed by atoms with van der Waals surface area (Å²) in [5, 5.41) is 16.2. The SMILES string of the molecule is CCCCCCCCCCCNCCNCCc1ccc(O)cc1. The molecule has 1 aromatic carbocycles. The molecule has 138 valence electrons. The molecular weight excluding hydrogens is 296 g/mol. The van der Waals surface area contributed by atoms with Gasteiger partial charge < -0.3 is 15.7 Å². The van der Waals surface area contributed by atoms with Crippen LogP contribution in [0, 0.1) is 0 Å². The molecule has 1 aromatic rings. The highest BCUT2D eigenvalue weighted by molar-refractivity contribution is 5.25. The zero-order valence-corrected chi connectivity index (χ0v) is 15.7. The second kappa shape index (κ2) is 15.5. The van der Waals surface area contributed by atoms with Gasteiger partial charge in [-0.05, 0) is 43.6 Å². The van der Waals surface area contributed by atoms with Crippen molar-refractivity contribution in [3.05, 3.63) is 29.8 Å². The van der Waals surface area contributed by atoms with E-state index in [4.69, 9.17) is 0 Å². The fraction of sp³-hybridized carbons (Fsp3) is 0.714. The van der Waals surface area contributed by atoms with Crippen LogP contribution in [0.2, 0.25) is 0 Å². The molecule has 3 nitrogen and oxygen atoms in total. The van der Waals surface area contributed by atoms with Gasteiger partial charge in [-0.25, -0.2) is 0 Å². The molecule has 3 N–H and O–H groups in total. The molecule has 0 radical (unpaired) electrons. The van der Waals surface area contributed by atoms with Gasteiger partial charge in [0.05, 0.1) is 0 Å². The molecule has 1 rings (SSSR count). The van der Waals surface area contributed by atoms with Crippen LogP contribution in [-0.4, -0.2) is 31.3 Å². The normalized spacial score (nSPS) is 11.0. The van der Waals surface area contributed by atoms with Crippen molar-refractivity contribution in [1.29, 1.82) is 0 Å². The topological polar surface area (TPSA) is 44.3 Å². The first-order chi connectivity index (χ1) is 11.8. The van der Waals surface area contributed by atoms with Crippen LogP contribution in [0.25, 0.3) is 0 Å². The first kappa shape index (κ1) is 21.0. The summed E-state index contributed by atoms with van der Waals surface area (Å²) < 4.78 is 0. The molecule has 0 saturated heterocycles. The Hall–Kier alpha value is -1.06. The Kier molecular flexibility index (Phi) is 13.5. The van der Waals surface area contributed by atoms with E-state index in [2.05, 4.69) is 17.6 Å². The van der Waals surface area contributed by atoms with Gasteiger partial charge in [-0.3, -0.25) is 0 Å². The molecule has 3 heteroatoms. The van der Waals surface area contributed by atoms with Gasteiger partial charge in [-0.15, -0.1) is 0 Å². The Balaban J connectivity index is 1.75. The summed E-state index contributed by atoms with van der Waals surface area (Å²) in [6.45, 7) is 6.49. The Bertz CT molecular complexity index is 378. The number of nitrogens with one attached hydrogen (secondary N) is 2. The summed E-state index contributed by atoms with van der Waals surface area (Å²) in [5.41, 5.74) is 1.27. The van der Waals surface area contributed by atoms with E-state index in [-0.39, 0.29) is 0 Å². The number of phenols is 1. The van der Waals surface area contributed by atoms with Crippen LogP contribution in [0.1, 0.15) is 70.3 Å². The van der Waals surface area contributed by atoms with Gasteiger partial charge in [-0.1, -0.05) is 70.4 Å². The van der Waals surface area contributed by atoms with Gasteiger partial charge in [0.25, 0.3) is 0 Å². The van der Waals surface area contributed by atoms with Crippen LogP contribution in [0.15, 0.2) is 24.3 Å². The zero-order chi connectivity index (χ0) is 17.3. The summed E-state index contributed by atoms with van der Waals surface area (Å²) in [5.74, 6) is 0.340. The molecule has 0 fully saturated rings. The molecule has 0 unspecified atom stereocenters. The number of aromatic hydroxyl groups is 1. The Morgan fingerprint density at radius 1 is 0.667 bits per heavy atom. The maximum Gasteiger partial charge on any atom is 0.115 e. The highest BCUT2D eigenvalue weighted by Crippen LogP contribution is 2.10. The number of unbranched alkanes of at least 4 members (excludes halogenated alkanes) is 8. The van der Waals surface area contributed by atoms with Crippen molar-refractivity contribution < 1.29 is 5.11 Å². The average molecular weight is 335 g/mol. The number of hydrogen-bond donors (Lipinski definition) is 3. The monoisotopic (exact) mass is 334 g/mol. The maximum absolute atomic E-state index is 9.24. The molecule has 0 aliphatic carbocycles. The average Bonchev–Trinajstić information content (AvgIpc) is 2.60. The number of benzene rings is 1. The van der Waals surface area contributed by atoms with E-state index in [0.29, 0.717) is 5.75 Å². The Morgan fingerprint density at radius 2 is 1.21 bits per heavy atom. The third kappa shape index (κ3) is 12.4. The molecule has 0 aromatic heterocycles. The molecule has 0 heterocycles. The quantitative estimate of drug-likeness (QED) is 0.386. The van der Waals surface area contributed by atoms with E-state index >= 15 is 0 Å².